The zero-order chi connectivity index (χ0) is 24.8. The fraction of sp³-hybridized carbons (Fsp3) is 0.0714. The molecular formula is C28H18Cl2N2O4. The van der Waals surface area contributed by atoms with Crippen LogP contribution < -0.4 is 20.1 Å². The molecule has 178 valence electrons. The van der Waals surface area contributed by atoms with Crippen molar-refractivity contribution < 1.29 is 19.1 Å². The SMILES string of the molecule is O=C1COc2cc(-c3cccc(-c4cccc(-c5ccc6c(c5)OCC(=O)N6)c4Cl)c3Cl)ccc2N1. The maximum absolute atomic E-state index is 11.6. The Balaban J connectivity index is 1.40. The fourth-order valence-electron chi connectivity index (χ4n) is 4.41. The number of anilines is 2. The Labute approximate surface area is 216 Å². The summed E-state index contributed by atoms with van der Waals surface area (Å²) in [6, 6.07) is 22.7. The molecular weight excluding hydrogens is 499 g/mol. The number of fused-ring (bicyclic) bond motifs is 2. The van der Waals surface area contributed by atoms with E-state index in [9.17, 15) is 9.59 Å². The lowest BCUT2D eigenvalue weighted by Gasteiger charge is -2.20. The van der Waals surface area contributed by atoms with E-state index in [0.717, 1.165) is 33.4 Å². The van der Waals surface area contributed by atoms with Crippen molar-refractivity contribution in [1.29, 1.82) is 0 Å². The van der Waals surface area contributed by atoms with Crippen molar-refractivity contribution in [3.05, 3.63) is 82.8 Å². The van der Waals surface area contributed by atoms with Gasteiger partial charge in [0.25, 0.3) is 11.8 Å². The third kappa shape index (κ3) is 3.94. The highest BCUT2D eigenvalue weighted by atomic mass is 35.5. The van der Waals surface area contributed by atoms with E-state index in [-0.39, 0.29) is 25.0 Å². The number of hydrogen-bond acceptors (Lipinski definition) is 4. The number of benzene rings is 4. The normalized spacial score (nSPS) is 14.1. The van der Waals surface area contributed by atoms with Crippen LogP contribution in [0.4, 0.5) is 11.4 Å². The first-order valence-electron chi connectivity index (χ1n) is 11.2. The molecule has 0 spiro atoms. The van der Waals surface area contributed by atoms with E-state index < -0.39 is 0 Å². The average Bonchev–Trinajstić information content (AvgIpc) is 2.89. The molecule has 2 aliphatic heterocycles. The first-order valence-corrected chi connectivity index (χ1v) is 11.9. The second-order valence-electron chi connectivity index (χ2n) is 8.43. The van der Waals surface area contributed by atoms with Crippen LogP contribution in [0, 0.1) is 0 Å². The van der Waals surface area contributed by atoms with Crippen molar-refractivity contribution in [2.45, 2.75) is 0 Å². The number of nitrogens with one attached hydrogen (secondary N) is 2. The van der Waals surface area contributed by atoms with Gasteiger partial charge in [-0.05, 0) is 35.4 Å². The van der Waals surface area contributed by atoms with Gasteiger partial charge < -0.3 is 20.1 Å². The number of halogens is 2. The number of hydrogen-bond donors (Lipinski definition) is 2. The van der Waals surface area contributed by atoms with Gasteiger partial charge in [-0.15, -0.1) is 0 Å². The van der Waals surface area contributed by atoms with E-state index in [2.05, 4.69) is 10.6 Å². The van der Waals surface area contributed by atoms with Gasteiger partial charge >= 0.3 is 0 Å². The van der Waals surface area contributed by atoms with E-state index in [0.29, 0.717) is 32.9 Å². The highest BCUT2D eigenvalue weighted by molar-refractivity contribution is 6.39. The lowest BCUT2D eigenvalue weighted by molar-refractivity contribution is -0.119. The van der Waals surface area contributed by atoms with Crippen molar-refractivity contribution >= 4 is 46.4 Å². The molecule has 6 rings (SSSR count). The molecule has 0 atom stereocenters. The molecule has 36 heavy (non-hydrogen) atoms. The Morgan fingerprint density at radius 2 is 1.00 bits per heavy atom. The smallest absolute Gasteiger partial charge is 0.262 e. The summed E-state index contributed by atoms with van der Waals surface area (Å²) in [5.74, 6) is 0.832. The first-order chi connectivity index (χ1) is 17.5. The quantitative estimate of drug-likeness (QED) is 0.319. The second kappa shape index (κ2) is 8.90. The van der Waals surface area contributed by atoms with Gasteiger partial charge in [0.1, 0.15) is 11.5 Å². The van der Waals surface area contributed by atoms with E-state index in [1.54, 1.807) is 12.1 Å². The lowest BCUT2D eigenvalue weighted by atomic mass is 9.95. The highest BCUT2D eigenvalue weighted by Crippen LogP contribution is 2.44. The summed E-state index contributed by atoms with van der Waals surface area (Å²) in [5, 5.41) is 6.69. The zero-order valence-corrected chi connectivity index (χ0v) is 20.2. The van der Waals surface area contributed by atoms with Gasteiger partial charge in [0.05, 0.1) is 21.4 Å². The molecule has 0 radical (unpaired) electrons. The Kier molecular flexibility index (Phi) is 5.55. The standard InChI is InChI=1S/C28H18Cl2N2O4/c29-27-17(15-7-9-21-23(11-15)35-13-25(33)31-21)3-1-5-19(27)20-6-2-4-18(28(20)30)16-8-10-22-24(12-16)36-14-26(34)32-22/h1-12H,13-14H2,(H,31,33)(H,32,34). The van der Waals surface area contributed by atoms with Crippen LogP contribution in [0.3, 0.4) is 0 Å². The number of carbonyl (C=O) groups excluding carboxylic acids is 2. The minimum atomic E-state index is -0.181. The van der Waals surface area contributed by atoms with Crippen LogP contribution in [0.1, 0.15) is 0 Å². The summed E-state index contributed by atoms with van der Waals surface area (Å²) in [6.07, 6.45) is 0. The van der Waals surface area contributed by atoms with E-state index in [1.165, 1.54) is 0 Å². The maximum Gasteiger partial charge on any atom is 0.262 e. The molecule has 2 aliphatic rings. The number of carbonyl (C=O) groups is 2. The fourth-order valence-corrected chi connectivity index (χ4v) is 5.08. The van der Waals surface area contributed by atoms with Crippen LogP contribution >= 0.6 is 23.2 Å². The van der Waals surface area contributed by atoms with Crippen LogP contribution in [0.5, 0.6) is 11.5 Å². The van der Waals surface area contributed by atoms with Crippen LogP contribution in [-0.4, -0.2) is 25.0 Å². The second-order valence-corrected chi connectivity index (χ2v) is 9.19. The molecule has 0 aliphatic carbocycles. The highest BCUT2D eigenvalue weighted by Gasteiger charge is 2.20. The average molecular weight is 517 g/mol. The molecule has 0 aromatic heterocycles. The van der Waals surface area contributed by atoms with Gasteiger partial charge in [-0.25, -0.2) is 0 Å². The lowest BCUT2D eigenvalue weighted by Crippen LogP contribution is -2.25. The van der Waals surface area contributed by atoms with E-state index in [4.69, 9.17) is 32.7 Å². The minimum absolute atomic E-state index is 0.0211. The molecule has 0 bridgehead atoms. The van der Waals surface area contributed by atoms with E-state index >= 15 is 0 Å². The monoisotopic (exact) mass is 516 g/mol. The molecule has 0 fully saturated rings. The van der Waals surface area contributed by atoms with Crippen LogP contribution in [0.25, 0.3) is 33.4 Å². The van der Waals surface area contributed by atoms with Gasteiger partial charge in [0.2, 0.25) is 0 Å². The van der Waals surface area contributed by atoms with Crippen molar-refractivity contribution in [3.63, 3.8) is 0 Å². The summed E-state index contributed by atoms with van der Waals surface area (Å²) in [5.41, 5.74) is 6.19. The Morgan fingerprint density at radius 1 is 0.583 bits per heavy atom. The summed E-state index contributed by atoms with van der Waals surface area (Å²) >= 11 is 13.9. The molecule has 4 aromatic rings. The molecule has 0 saturated carbocycles. The summed E-state index contributed by atoms with van der Waals surface area (Å²) in [6.45, 7) is -0.0422. The van der Waals surface area contributed by atoms with Crippen LogP contribution in [-0.2, 0) is 9.59 Å². The predicted octanol–water partition coefficient (Wildman–Crippen LogP) is 6.66. The zero-order valence-electron chi connectivity index (χ0n) is 18.7. The Hall–Kier alpha value is -4.00. The van der Waals surface area contributed by atoms with Crippen LogP contribution in [0.15, 0.2) is 72.8 Å². The van der Waals surface area contributed by atoms with Crippen LogP contribution in [0.2, 0.25) is 10.0 Å². The van der Waals surface area contributed by atoms with Crippen molar-refractivity contribution in [2.24, 2.45) is 0 Å². The molecule has 4 aromatic carbocycles. The summed E-state index contributed by atoms with van der Waals surface area (Å²) in [4.78, 5) is 23.2. The van der Waals surface area contributed by atoms with Crippen molar-refractivity contribution in [3.8, 4) is 44.9 Å². The Bertz CT molecular complexity index is 1450. The molecule has 6 nitrogen and oxygen atoms in total. The molecule has 2 heterocycles. The Morgan fingerprint density at radius 3 is 1.44 bits per heavy atom. The molecule has 2 N–H and O–H groups in total. The first kappa shape index (κ1) is 22.5. The third-order valence-electron chi connectivity index (χ3n) is 6.14. The summed E-state index contributed by atoms with van der Waals surface area (Å²) < 4.78 is 11.1. The number of amides is 2. The molecule has 2 amide bonds. The van der Waals surface area contributed by atoms with Crippen molar-refractivity contribution in [1.82, 2.24) is 0 Å². The topological polar surface area (TPSA) is 76.7 Å². The van der Waals surface area contributed by atoms with Gasteiger partial charge in [-0.1, -0.05) is 71.7 Å². The van der Waals surface area contributed by atoms with Gasteiger partial charge in [0.15, 0.2) is 13.2 Å². The van der Waals surface area contributed by atoms with E-state index in [1.807, 2.05) is 60.7 Å². The molecule has 8 heteroatoms. The maximum atomic E-state index is 11.6. The van der Waals surface area contributed by atoms with Crippen molar-refractivity contribution in [2.75, 3.05) is 23.8 Å². The minimum Gasteiger partial charge on any atom is -0.482 e. The molecule has 0 unspecified atom stereocenters. The van der Waals surface area contributed by atoms with Gasteiger partial charge in [0, 0.05) is 22.3 Å². The largest absolute Gasteiger partial charge is 0.482 e. The third-order valence-corrected chi connectivity index (χ3v) is 6.95. The number of rotatable bonds is 3. The van der Waals surface area contributed by atoms with Gasteiger partial charge in [-0.3, -0.25) is 9.59 Å². The summed E-state index contributed by atoms with van der Waals surface area (Å²) in [7, 11) is 0. The predicted molar refractivity (Wildman–Crippen MR) is 141 cm³/mol. The van der Waals surface area contributed by atoms with Gasteiger partial charge in [-0.2, -0.15) is 0 Å². The molecule has 0 saturated heterocycles. The number of ether oxygens (including phenoxy) is 2.